The van der Waals surface area contributed by atoms with Crippen molar-refractivity contribution >= 4 is 0 Å². The molecule has 1 atom stereocenters. The molecule has 1 fully saturated rings. The van der Waals surface area contributed by atoms with Gasteiger partial charge in [0.1, 0.15) is 6.10 Å². The lowest BCUT2D eigenvalue weighted by molar-refractivity contribution is 0.108. The number of H-pyrrole nitrogens is 1. The zero-order chi connectivity index (χ0) is 7.68. The van der Waals surface area contributed by atoms with Crippen LogP contribution in [0.1, 0.15) is 30.3 Å². The van der Waals surface area contributed by atoms with Gasteiger partial charge >= 0.3 is 0 Å². The largest absolute Gasteiger partial charge is 0.372 e. The first kappa shape index (κ1) is 6.85. The van der Waals surface area contributed by atoms with Crippen molar-refractivity contribution in [1.82, 2.24) is 9.97 Å². The number of nitrogens with one attached hydrogen (secondary N) is 1. The molecule has 3 heteroatoms. The normalized spacial score (nSPS) is 24.3. The molecule has 1 aliphatic rings. The topological polar surface area (TPSA) is 37.9 Å². The lowest BCUT2D eigenvalue weighted by Crippen LogP contribution is -1.97. The van der Waals surface area contributed by atoms with E-state index in [9.17, 15) is 0 Å². The van der Waals surface area contributed by atoms with E-state index < -0.39 is 0 Å². The van der Waals surface area contributed by atoms with Gasteiger partial charge in [0.15, 0.2) is 0 Å². The molecule has 0 aliphatic carbocycles. The molecule has 2 heterocycles. The highest BCUT2D eigenvalue weighted by Crippen LogP contribution is 2.28. The Balaban J connectivity index is 2.21. The zero-order valence-corrected chi connectivity index (χ0v) is 6.63. The Labute approximate surface area is 65.8 Å². The first-order valence-electron chi connectivity index (χ1n) is 3.99. The molecule has 2 rings (SSSR count). The second-order valence-electron chi connectivity index (χ2n) is 2.91. The molecule has 0 bridgehead atoms. The molecule has 60 valence electrons. The summed E-state index contributed by atoms with van der Waals surface area (Å²) >= 11 is 0. The molecule has 1 aliphatic heterocycles. The number of hydrogen-bond donors (Lipinski definition) is 1. The highest BCUT2D eigenvalue weighted by molar-refractivity contribution is 5.12. The Morgan fingerprint density at radius 3 is 3.18 bits per heavy atom. The Hall–Kier alpha value is -0.830. The second-order valence-corrected chi connectivity index (χ2v) is 2.91. The summed E-state index contributed by atoms with van der Waals surface area (Å²) < 4.78 is 5.50. The molecule has 1 unspecified atom stereocenters. The van der Waals surface area contributed by atoms with E-state index in [2.05, 4.69) is 9.97 Å². The lowest BCUT2D eigenvalue weighted by atomic mass is 10.1. The molecule has 1 aromatic rings. The summed E-state index contributed by atoms with van der Waals surface area (Å²) in [6, 6.07) is 0. The van der Waals surface area contributed by atoms with Crippen molar-refractivity contribution in [3.05, 3.63) is 17.7 Å². The third-order valence-corrected chi connectivity index (χ3v) is 2.10. The van der Waals surface area contributed by atoms with Gasteiger partial charge < -0.3 is 9.72 Å². The van der Waals surface area contributed by atoms with Crippen molar-refractivity contribution < 1.29 is 4.74 Å². The van der Waals surface area contributed by atoms with E-state index in [0.29, 0.717) is 0 Å². The van der Waals surface area contributed by atoms with Crippen molar-refractivity contribution in [2.24, 2.45) is 0 Å². The van der Waals surface area contributed by atoms with Crippen molar-refractivity contribution in [3.63, 3.8) is 0 Å². The van der Waals surface area contributed by atoms with Crippen molar-refractivity contribution in [2.75, 3.05) is 6.61 Å². The summed E-state index contributed by atoms with van der Waals surface area (Å²) in [4.78, 5) is 7.27. The minimum absolute atomic E-state index is 0.251. The Bertz CT molecular complexity index is 238. The molecule has 1 aromatic heterocycles. The second kappa shape index (κ2) is 2.66. The molecule has 0 spiro atoms. The van der Waals surface area contributed by atoms with E-state index in [1.54, 1.807) is 6.33 Å². The van der Waals surface area contributed by atoms with Crippen LogP contribution < -0.4 is 0 Å². The molecule has 0 radical (unpaired) electrons. The monoisotopic (exact) mass is 152 g/mol. The maximum absolute atomic E-state index is 5.50. The van der Waals surface area contributed by atoms with E-state index in [4.69, 9.17) is 4.74 Å². The summed E-state index contributed by atoms with van der Waals surface area (Å²) in [7, 11) is 0. The van der Waals surface area contributed by atoms with Crippen LogP contribution in [0.15, 0.2) is 6.33 Å². The van der Waals surface area contributed by atoms with Crippen LogP contribution in [0.2, 0.25) is 0 Å². The number of aromatic nitrogens is 2. The predicted molar refractivity (Wildman–Crippen MR) is 41.3 cm³/mol. The van der Waals surface area contributed by atoms with Gasteiger partial charge in [-0.1, -0.05) is 0 Å². The molecule has 1 N–H and O–H groups in total. The fourth-order valence-corrected chi connectivity index (χ4v) is 1.49. The molecule has 0 saturated carbocycles. The highest BCUT2D eigenvalue weighted by atomic mass is 16.5. The van der Waals surface area contributed by atoms with Gasteiger partial charge in [-0.15, -0.1) is 0 Å². The molecule has 11 heavy (non-hydrogen) atoms. The Morgan fingerprint density at radius 2 is 2.64 bits per heavy atom. The molecular weight excluding hydrogens is 140 g/mol. The third-order valence-electron chi connectivity index (χ3n) is 2.10. The summed E-state index contributed by atoms with van der Waals surface area (Å²) in [5.41, 5.74) is 2.22. The predicted octanol–water partition coefficient (Wildman–Crippen LogP) is 1.57. The number of hydrogen-bond acceptors (Lipinski definition) is 2. The van der Waals surface area contributed by atoms with Gasteiger partial charge in [0, 0.05) is 12.3 Å². The van der Waals surface area contributed by atoms with Crippen molar-refractivity contribution in [1.29, 1.82) is 0 Å². The fourth-order valence-electron chi connectivity index (χ4n) is 1.49. The van der Waals surface area contributed by atoms with Crippen LogP contribution in [0.3, 0.4) is 0 Å². The highest BCUT2D eigenvalue weighted by Gasteiger charge is 2.20. The quantitative estimate of drug-likeness (QED) is 0.663. The van der Waals surface area contributed by atoms with E-state index in [1.165, 1.54) is 0 Å². The summed E-state index contributed by atoms with van der Waals surface area (Å²) in [6.07, 6.45) is 4.26. The third kappa shape index (κ3) is 1.16. The number of nitrogens with zero attached hydrogens (tertiary/aromatic N) is 1. The first-order valence-corrected chi connectivity index (χ1v) is 3.99. The van der Waals surface area contributed by atoms with Crippen LogP contribution in [0.25, 0.3) is 0 Å². The van der Waals surface area contributed by atoms with Gasteiger partial charge in [0.25, 0.3) is 0 Å². The van der Waals surface area contributed by atoms with E-state index >= 15 is 0 Å². The molecule has 1 saturated heterocycles. The summed E-state index contributed by atoms with van der Waals surface area (Å²) in [5.74, 6) is 0. The van der Waals surface area contributed by atoms with E-state index in [0.717, 1.165) is 30.8 Å². The molecular formula is C8H12N2O. The summed E-state index contributed by atoms with van der Waals surface area (Å²) in [6.45, 7) is 2.92. The minimum Gasteiger partial charge on any atom is -0.372 e. The SMILES string of the molecule is Cc1[nH]cnc1C1CCCO1. The molecule has 0 aromatic carbocycles. The number of imidazole rings is 1. The number of rotatable bonds is 1. The maximum atomic E-state index is 5.50. The zero-order valence-electron chi connectivity index (χ0n) is 6.63. The van der Waals surface area contributed by atoms with Crippen LogP contribution in [-0.2, 0) is 4.74 Å². The minimum atomic E-state index is 0.251. The average Bonchev–Trinajstić information content (AvgIpc) is 2.55. The standard InChI is InChI=1S/C8H12N2O/c1-6-8(10-5-9-6)7-3-2-4-11-7/h5,7H,2-4H2,1H3,(H,9,10). The van der Waals surface area contributed by atoms with Gasteiger partial charge in [-0.2, -0.15) is 0 Å². The number of aryl methyl sites for hydroxylation is 1. The fraction of sp³-hybridized carbons (Fsp3) is 0.625. The van der Waals surface area contributed by atoms with Crippen LogP contribution >= 0.6 is 0 Å². The first-order chi connectivity index (χ1) is 5.38. The maximum Gasteiger partial charge on any atom is 0.101 e. The van der Waals surface area contributed by atoms with Gasteiger partial charge in [-0.3, -0.25) is 0 Å². The van der Waals surface area contributed by atoms with Crippen molar-refractivity contribution in [3.8, 4) is 0 Å². The lowest BCUT2D eigenvalue weighted by Gasteiger charge is -2.05. The van der Waals surface area contributed by atoms with E-state index in [-0.39, 0.29) is 6.10 Å². The van der Waals surface area contributed by atoms with Crippen LogP contribution in [0.5, 0.6) is 0 Å². The Kier molecular flexibility index (Phi) is 1.66. The molecule has 0 amide bonds. The smallest absolute Gasteiger partial charge is 0.101 e. The molecule has 3 nitrogen and oxygen atoms in total. The van der Waals surface area contributed by atoms with Gasteiger partial charge in [0.2, 0.25) is 0 Å². The van der Waals surface area contributed by atoms with Crippen LogP contribution in [0.4, 0.5) is 0 Å². The summed E-state index contributed by atoms with van der Waals surface area (Å²) in [5, 5.41) is 0. The van der Waals surface area contributed by atoms with Gasteiger partial charge in [-0.05, 0) is 19.8 Å². The van der Waals surface area contributed by atoms with Gasteiger partial charge in [-0.25, -0.2) is 4.98 Å². The number of ether oxygens (including phenoxy) is 1. The van der Waals surface area contributed by atoms with Crippen LogP contribution in [-0.4, -0.2) is 16.6 Å². The van der Waals surface area contributed by atoms with Crippen molar-refractivity contribution in [2.45, 2.75) is 25.9 Å². The number of aromatic amines is 1. The van der Waals surface area contributed by atoms with Crippen LogP contribution in [0, 0.1) is 6.92 Å². The van der Waals surface area contributed by atoms with E-state index in [1.807, 2.05) is 6.92 Å². The average molecular weight is 152 g/mol. The Morgan fingerprint density at radius 1 is 1.73 bits per heavy atom. The van der Waals surface area contributed by atoms with Gasteiger partial charge in [0.05, 0.1) is 12.0 Å².